The van der Waals surface area contributed by atoms with Crippen LogP contribution >= 0.6 is 15.9 Å². The Morgan fingerprint density at radius 2 is 1.48 bits per heavy atom. The molecule has 0 aliphatic heterocycles. The van der Waals surface area contributed by atoms with E-state index in [1.54, 1.807) is 6.08 Å². The van der Waals surface area contributed by atoms with Gasteiger partial charge in [-0.15, -0.1) is 0 Å². The van der Waals surface area contributed by atoms with E-state index in [2.05, 4.69) is 42.9 Å². The van der Waals surface area contributed by atoms with Crippen molar-refractivity contribution in [2.24, 2.45) is 0 Å². The van der Waals surface area contributed by atoms with Crippen molar-refractivity contribution in [2.75, 3.05) is 19.6 Å². The summed E-state index contributed by atoms with van der Waals surface area (Å²) < 4.78 is 1.92. The van der Waals surface area contributed by atoms with Gasteiger partial charge in [-0.1, -0.05) is 36.7 Å². The average molecular weight is 353 g/mol. The van der Waals surface area contributed by atoms with Crippen LogP contribution in [0.15, 0.2) is 41.0 Å². The number of carbonyl (C=O) groups is 1. The lowest BCUT2D eigenvalue weighted by Gasteiger charge is -2.34. The van der Waals surface area contributed by atoms with E-state index in [0.717, 1.165) is 53.4 Å². The highest BCUT2D eigenvalue weighted by Crippen LogP contribution is 2.15. The molecule has 2 nitrogen and oxygen atoms in total. The molecule has 116 valence electrons. The average Bonchev–Trinajstić information content (AvgIpc) is 2.46. The van der Waals surface area contributed by atoms with Crippen molar-refractivity contribution in [1.29, 1.82) is 0 Å². The Morgan fingerprint density at radius 1 is 1.00 bits per heavy atom. The van der Waals surface area contributed by atoms with Gasteiger partial charge >= 0.3 is 0 Å². The van der Waals surface area contributed by atoms with Crippen LogP contribution < -0.4 is 0 Å². The molecule has 0 aliphatic carbocycles. The van der Waals surface area contributed by atoms with E-state index in [4.69, 9.17) is 0 Å². The zero-order valence-corrected chi connectivity index (χ0v) is 15.0. The van der Waals surface area contributed by atoms with Crippen molar-refractivity contribution in [3.05, 3.63) is 46.6 Å². The summed E-state index contributed by atoms with van der Waals surface area (Å²) in [5, 5.41) is 0. The molecule has 1 aromatic rings. The molecule has 0 bridgehead atoms. The summed E-state index contributed by atoms with van der Waals surface area (Å²) in [7, 11) is 0. The minimum Gasteiger partial charge on any atom is -0.297 e. The van der Waals surface area contributed by atoms with Gasteiger partial charge in [-0.25, -0.2) is 0 Å². The molecule has 1 rings (SSSR count). The minimum absolute atomic E-state index is 0.0910. The third-order valence-electron chi connectivity index (χ3n) is 3.68. The van der Waals surface area contributed by atoms with E-state index in [1.165, 1.54) is 0 Å². The first kappa shape index (κ1) is 18.1. The maximum atomic E-state index is 12.3. The normalized spacial score (nSPS) is 12.0. The Kier molecular flexibility index (Phi) is 7.91. The van der Waals surface area contributed by atoms with Crippen LogP contribution in [0.25, 0.3) is 0 Å². The molecule has 0 amide bonds. The zero-order valence-electron chi connectivity index (χ0n) is 13.4. The lowest BCUT2D eigenvalue weighted by molar-refractivity contribution is -0.879. The fraction of sp³-hybridized carbons (Fsp3) is 0.500. The molecule has 0 unspecified atom stereocenters. The minimum atomic E-state index is 0.0910. The maximum Gasteiger partial charge on any atom is 0.191 e. The van der Waals surface area contributed by atoms with Gasteiger partial charge in [-0.2, -0.15) is 0 Å². The summed E-state index contributed by atoms with van der Waals surface area (Å²) in [5.74, 6) is 0.0910. The van der Waals surface area contributed by atoms with E-state index in [9.17, 15) is 4.79 Å². The van der Waals surface area contributed by atoms with E-state index >= 15 is 0 Å². The first-order valence-electron chi connectivity index (χ1n) is 7.91. The van der Waals surface area contributed by atoms with Crippen molar-refractivity contribution in [3.63, 3.8) is 0 Å². The van der Waals surface area contributed by atoms with Gasteiger partial charge < -0.3 is 0 Å². The van der Waals surface area contributed by atoms with Crippen LogP contribution in [-0.4, -0.2) is 29.9 Å². The number of nitrogens with zero attached hydrogens (tertiary/aromatic N) is 1. The van der Waals surface area contributed by atoms with Crippen LogP contribution in [-0.2, 0) is 0 Å². The number of carbonyl (C=O) groups excluding carboxylic acids is 1. The second-order valence-corrected chi connectivity index (χ2v) is 6.49. The lowest BCUT2D eigenvalue weighted by Crippen LogP contribution is -2.44. The molecule has 0 aromatic heterocycles. The summed E-state index contributed by atoms with van der Waals surface area (Å²) >= 11 is 3.39. The number of benzene rings is 1. The topological polar surface area (TPSA) is 17.1 Å². The summed E-state index contributed by atoms with van der Waals surface area (Å²) in [5.41, 5.74) is 0.747. The fourth-order valence-corrected chi connectivity index (χ4v) is 3.10. The second kappa shape index (κ2) is 9.16. The summed E-state index contributed by atoms with van der Waals surface area (Å²) in [6, 6.07) is 7.55. The van der Waals surface area contributed by atoms with Crippen molar-refractivity contribution in [2.45, 2.75) is 40.0 Å². The standard InChI is InChI=1S/C18H27BrNO/c1-4-12-20(13-5-2,14-6-3)15-11-18(21)16-7-9-17(19)10-8-16/h7-11,15H,4-6,12-14H2,1-3H3/q+1/b15-11+. The number of halogens is 1. The first-order chi connectivity index (χ1) is 10.1. The molecule has 0 fully saturated rings. The molecular weight excluding hydrogens is 326 g/mol. The van der Waals surface area contributed by atoms with Gasteiger partial charge in [0.2, 0.25) is 0 Å². The number of ketones is 1. The highest BCUT2D eigenvalue weighted by atomic mass is 79.9. The van der Waals surface area contributed by atoms with Crippen LogP contribution in [0.2, 0.25) is 0 Å². The van der Waals surface area contributed by atoms with E-state index in [-0.39, 0.29) is 5.78 Å². The smallest absolute Gasteiger partial charge is 0.191 e. The summed E-state index contributed by atoms with van der Waals surface area (Å²) in [6.45, 7) is 9.94. The highest BCUT2D eigenvalue weighted by molar-refractivity contribution is 9.10. The first-order valence-corrected chi connectivity index (χ1v) is 8.71. The molecule has 0 saturated carbocycles. The van der Waals surface area contributed by atoms with Crippen molar-refractivity contribution >= 4 is 21.7 Å². The van der Waals surface area contributed by atoms with Gasteiger partial charge in [0.15, 0.2) is 5.78 Å². The van der Waals surface area contributed by atoms with Gasteiger partial charge in [-0.05, 0) is 43.5 Å². The Hall–Kier alpha value is -0.930. The van der Waals surface area contributed by atoms with Crippen LogP contribution in [0.4, 0.5) is 0 Å². The third-order valence-corrected chi connectivity index (χ3v) is 4.21. The molecule has 0 atom stereocenters. The van der Waals surface area contributed by atoms with Crippen molar-refractivity contribution in [1.82, 2.24) is 0 Å². The molecule has 0 spiro atoms. The molecule has 0 saturated heterocycles. The Labute approximate surface area is 137 Å². The quantitative estimate of drug-likeness (QED) is 0.339. The number of hydrogen-bond acceptors (Lipinski definition) is 1. The number of rotatable bonds is 9. The molecule has 21 heavy (non-hydrogen) atoms. The molecule has 0 N–H and O–H groups in total. The number of quaternary nitrogens is 1. The van der Waals surface area contributed by atoms with Gasteiger partial charge in [0, 0.05) is 16.1 Å². The van der Waals surface area contributed by atoms with Gasteiger partial charge in [0.25, 0.3) is 0 Å². The van der Waals surface area contributed by atoms with Gasteiger partial charge in [-0.3, -0.25) is 9.28 Å². The number of allylic oxidation sites excluding steroid dienone is 1. The zero-order chi connectivity index (χ0) is 15.7. The molecule has 0 heterocycles. The van der Waals surface area contributed by atoms with E-state index < -0.39 is 0 Å². The SMILES string of the molecule is CCC[N+](/C=C/C(=O)c1ccc(Br)cc1)(CCC)CCC. The Morgan fingerprint density at radius 3 is 1.90 bits per heavy atom. The predicted octanol–water partition coefficient (Wildman–Crippen LogP) is 5.19. The second-order valence-electron chi connectivity index (χ2n) is 5.58. The highest BCUT2D eigenvalue weighted by Gasteiger charge is 2.22. The summed E-state index contributed by atoms with van der Waals surface area (Å²) in [4.78, 5) is 12.3. The molecule has 0 aliphatic rings. The van der Waals surface area contributed by atoms with Crippen LogP contribution in [0.3, 0.4) is 0 Å². The lowest BCUT2D eigenvalue weighted by atomic mass is 10.1. The van der Waals surface area contributed by atoms with Crippen LogP contribution in [0, 0.1) is 0 Å². The largest absolute Gasteiger partial charge is 0.297 e. The van der Waals surface area contributed by atoms with Gasteiger partial charge in [0.05, 0.1) is 25.8 Å². The predicted molar refractivity (Wildman–Crippen MR) is 93.3 cm³/mol. The van der Waals surface area contributed by atoms with E-state index in [1.807, 2.05) is 24.3 Å². The fourth-order valence-electron chi connectivity index (χ4n) is 2.83. The summed E-state index contributed by atoms with van der Waals surface area (Å²) in [6.07, 6.45) is 7.30. The van der Waals surface area contributed by atoms with E-state index in [0.29, 0.717) is 0 Å². The molecule has 1 aromatic carbocycles. The number of hydrogen-bond donors (Lipinski definition) is 0. The third kappa shape index (κ3) is 5.76. The van der Waals surface area contributed by atoms with Gasteiger partial charge in [0.1, 0.15) is 0 Å². The molecule has 0 radical (unpaired) electrons. The maximum absolute atomic E-state index is 12.3. The monoisotopic (exact) mass is 352 g/mol. The Balaban J connectivity index is 2.89. The molecular formula is C18H27BrNO+. The van der Waals surface area contributed by atoms with Crippen LogP contribution in [0.5, 0.6) is 0 Å². The van der Waals surface area contributed by atoms with Crippen molar-refractivity contribution < 1.29 is 9.28 Å². The molecule has 3 heteroatoms. The van der Waals surface area contributed by atoms with Crippen LogP contribution in [0.1, 0.15) is 50.4 Å². The Bertz CT molecular complexity index is 448. The van der Waals surface area contributed by atoms with Crippen molar-refractivity contribution in [3.8, 4) is 0 Å².